The molecule has 3 heterocycles. The number of nitrogens with one attached hydrogen (secondary N) is 2. The first kappa shape index (κ1) is 23.8. The maximum absolute atomic E-state index is 11.0. The molecular weight excluding hydrogens is 463 g/mol. The molecular formula is C19H30ClN4O7P. The number of hydrogen-bond donors (Lipinski definition) is 6. The maximum atomic E-state index is 11.0. The fraction of sp³-hybridized carbons (Fsp3) is 0.684. The van der Waals surface area contributed by atoms with Crippen LogP contribution >= 0.6 is 19.4 Å². The molecule has 1 unspecified atom stereocenters. The highest BCUT2D eigenvalue weighted by Crippen LogP contribution is 2.37. The summed E-state index contributed by atoms with van der Waals surface area (Å²) in [6.07, 6.45) is 1.54. The summed E-state index contributed by atoms with van der Waals surface area (Å²) < 4.78 is 24.9. The van der Waals surface area contributed by atoms with Crippen molar-refractivity contribution in [1.82, 2.24) is 14.5 Å². The third-order valence-corrected chi connectivity index (χ3v) is 6.93. The van der Waals surface area contributed by atoms with Crippen molar-refractivity contribution in [2.45, 2.75) is 69.0 Å². The van der Waals surface area contributed by atoms with Crippen molar-refractivity contribution in [2.24, 2.45) is 0 Å². The Morgan fingerprint density at radius 3 is 2.72 bits per heavy atom. The third-order valence-electron chi connectivity index (χ3n) is 6.24. The zero-order valence-electron chi connectivity index (χ0n) is 17.7. The molecule has 1 aromatic rings. The molecule has 180 valence electrons. The van der Waals surface area contributed by atoms with Crippen molar-refractivity contribution in [2.75, 3.05) is 18.5 Å². The Morgan fingerprint density at radius 2 is 2.03 bits per heavy atom. The standard InChI is InChI=1S/C19H30ClN4O7P/c1-11(19-18(26)17(25)16(31-19)9-30-10-32(27,28)29)14-6-7-15-13(8-23(20)22-24(14)15)21-12-4-2-3-5-12/h6-8,11-12,16-19,21-22,25-26H,2-5,9-10H2,1H3,(H2,27,28,29)/t11?,16-,17-,18-,19-/m1/s1. The summed E-state index contributed by atoms with van der Waals surface area (Å²) in [5.74, 6) is -0.344. The van der Waals surface area contributed by atoms with Crippen LogP contribution in [0.5, 0.6) is 0 Å². The second kappa shape index (κ2) is 9.52. The van der Waals surface area contributed by atoms with Gasteiger partial charge in [0.2, 0.25) is 0 Å². The minimum absolute atomic E-state index is 0.245. The predicted molar refractivity (Wildman–Crippen MR) is 117 cm³/mol. The Balaban J connectivity index is 1.47. The quantitative estimate of drug-likeness (QED) is 0.229. The van der Waals surface area contributed by atoms with Gasteiger partial charge in [-0.1, -0.05) is 19.8 Å². The Hall–Kier alpha value is -1.30. The fourth-order valence-corrected chi connectivity index (χ4v) is 5.14. The number of fused-ring (bicyclic) bond motifs is 1. The predicted octanol–water partition coefficient (Wildman–Crippen LogP) is 0.991. The van der Waals surface area contributed by atoms with Crippen molar-refractivity contribution in [1.29, 1.82) is 0 Å². The topological polar surface area (TPSA) is 149 Å². The molecule has 6 N–H and O–H groups in total. The second-order valence-electron chi connectivity index (χ2n) is 8.63. The molecule has 0 aromatic carbocycles. The molecule has 13 heteroatoms. The molecule has 1 aromatic heterocycles. The van der Waals surface area contributed by atoms with Gasteiger partial charge in [0.25, 0.3) is 0 Å². The van der Waals surface area contributed by atoms with Crippen molar-refractivity contribution >= 4 is 25.1 Å². The molecule has 0 spiro atoms. The van der Waals surface area contributed by atoms with E-state index in [9.17, 15) is 14.8 Å². The second-order valence-corrected chi connectivity index (χ2v) is 10.6. The SMILES string of the molecule is CC(c1ccc2n1NN(Cl)C=C2NC1CCCC1)[C@H]1O[C@H](COCP(=O)(O)O)[C@@H](O)[C@H]1O. The summed E-state index contributed by atoms with van der Waals surface area (Å²) >= 11 is 6.27. The van der Waals surface area contributed by atoms with Gasteiger partial charge in [-0.05, 0) is 25.0 Å². The van der Waals surface area contributed by atoms with Gasteiger partial charge >= 0.3 is 7.60 Å². The summed E-state index contributed by atoms with van der Waals surface area (Å²) in [6.45, 7) is 1.62. The molecule has 5 atom stereocenters. The number of hydrogen-bond acceptors (Lipinski definition) is 8. The molecule has 0 amide bonds. The first-order valence-corrected chi connectivity index (χ1v) is 12.8. The molecule has 4 rings (SSSR count). The number of nitrogens with zero attached hydrogens (tertiary/aromatic N) is 2. The molecule has 1 aliphatic carbocycles. The van der Waals surface area contributed by atoms with Crippen molar-refractivity contribution in [3.8, 4) is 0 Å². The average Bonchev–Trinajstić information content (AvgIpc) is 3.43. The highest BCUT2D eigenvalue weighted by molar-refractivity contribution is 7.51. The smallest absolute Gasteiger partial charge is 0.350 e. The van der Waals surface area contributed by atoms with E-state index in [4.69, 9.17) is 31.0 Å². The monoisotopic (exact) mass is 492 g/mol. The van der Waals surface area contributed by atoms with E-state index < -0.39 is 38.4 Å². The number of aliphatic hydroxyl groups excluding tert-OH is 2. The maximum Gasteiger partial charge on any atom is 0.350 e. The van der Waals surface area contributed by atoms with Crippen molar-refractivity contribution in [3.05, 3.63) is 29.7 Å². The summed E-state index contributed by atoms with van der Waals surface area (Å²) in [5.41, 5.74) is 5.62. The van der Waals surface area contributed by atoms with E-state index in [1.54, 1.807) is 6.20 Å². The fourth-order valence-electron chi connectivity index (χ4n) is 4.62. The van der Waals surface area contributed by atoms with Crippen LogP contribution in [0.15, 0.2) is 18.3 Å². The highest BCUT2D eigenvalue weighted by Gasteiger charge is 2.46. The Morgan fingerprint density at radius 1 is 1.31 bits per heavy atom. The molecule has 32 heavy (non-hydrogen) atoms. The average molecular weight is 493 g/mol. The van der Waals surface area contributed by atoms with Crippen LogP contribution in [-0.2, 0) is 14.0 Å². The van der Waals surface area contributed by atoms with Crippen molar-refractivity contribution in [3.63, 3.8) is 0 Å². The number of halogens is 1. The first-order valence-electron chi connectivity index (χ1n) is 10.7. The Labute approximate surface area is 191 Å². The summed E-state index contributed by atoms with van der Waals surface area (Å²) in [4.78, 5) is 17.8. The van der Waals surface area contributed by atoms with E-state index in [1.807, 2.05) is 23.7 Å². The van der Waals surface area contributed by atoms with Gasteiger partial charge in [0.05, 0.1) is 30.3 Å². The van der Waals surface area contributed by atoms with Gasteiger partial charge in [-0.2, -0.15) is 4.53 Å². The zero-order chi connectivity index (χ0) is 23.0. The highest BCUT2D eigenvalue weighted by atomic mass is 35.5. The van der Waals surface area contributed by atoms with E-state index in [-0.39, 0.29) is 12.5 Å². The van der Waals surface area contributed by atoms with E-state index >= 15 is 0 Å². The van der Waals surface area contributed by atoms with Crippen LogP contribution in [0, 0.1) is 0 Å². The van der Waals surface area contributed by atoms with E-state index in [2.05, 4.69) is 10.9 Å². The van der Waals surface area contributed by atoms with Gasteiger partial charge in [0.1, 0.15) is 24.7 Å². The minimum atomic E-state index is -4.33. The molecule has 1 saturated heterocycles. The molecule has 2 fully saturated rings. The van der Waals surface area contributed by atoms with Gasteiger partial charge in [-0.25, -0.2) is 10.2 Å². The lowest BCUT2D eigenvalue weighted by Gasteiger charge is -2.31. The lowest BCUT2D eigenvalue weighted by molar-refractivity contribution is -0.0436. The van der Waals surface area contributed by atoms with Crippen LogP contribution in [-0.4, -0.2) is 72.6 Å². The summed E-state index contributed by atoms with van der Waals surface area (Å²) in [7, 11) is -4.33. The minimum Gasteiger partial charge on any atom is -0.388 e. The van der Waals surface area contributed by atoms with E-state index in [0.29, 0.717) is 6.04 Å². The third kappa shape index (κ3) is 5.10. The van der Waals surface area contributed by atoms with E-state index in [0.717, 1.165) is 29.9 Å². The molecule has 1 saturated carbocycles. The van der Waals surface area contributed by atoms with Crippen LogP contribution in [0.4, 0.5) is 0 Å². The van der Waals surface area contributed by atoms with Gasteiger partial charge < -0.3 is 34.8 Å². The summed E-state index contributed by atoms with van der Waals surface area (Å²) in [6, 6.07) is 4.26. The Bertz CT molecular complexity index is 887. The molecule has 11 nitrogen and oxygen atoms in total. The van der Waals surface area contributed by atoms with Crippen LogP contribution in [0.2, 0.25) is 0 Å². The largest absolute Gasteiger partial charge is 0.388 e. The van der Waals surface area contributed by atoms with Crippen molar-refractivity contribution < 1.29 is 34.0 Å². The van der Waals surface area contributed by atoms with Crippen LogP contribution in [0.25, 0.3) is 5.70 Å². The first-order chi connectivity index (χ1) is 15.1. The van der Waals surface area contributed by atoms with Crippen LogP contribution in [0.3, 0.4) is 0 Å². The number of aliphatic hydroxyl groups is 2. The molecule has 0 radical (unpaired) electrons. The van der Waals surface area contributed by atoms with Crippen LogP contribution in [0.1, 0.15) is 49.9 Å². The van der Waals surface area contributed by atoms with Crippen LogP contribution < -0.4 is 10.9 Å². The van der Waals surface area contributed by atoms with Gasteiger partial charge in [-0.3, -0.25) is 4.57 Å². The van der Waals surface area contributed by atoms with Gasteiger partial charge in [0, 0.05) is 29.4 Å². The summed E-state index contributed by atoms with van der Waals surface area (Å²) in [5, 5.41) is 24.5. The number of aromatic nitrogens is 1. The number of hydrazine groups is 1. The normalized spacial score (nSPS) is 29.6. The molecule has 3 aliphatic rings. The lowest BCUT2D eigenvalue weighted by Crippen LogP contribution is -2.39. The number of rotatable bonds is 8. The zero-order valence-corrected chi connectivity index (χ0v) is 19.3. The Kier molecular flexibility index (Phi) is 7.09. The van der Waals surface area contributed by atoms with E-state index in [1.165, 1.54) is 17.4 Å². The van der Waals surface area contributed by atoms with Gasteiger partial charge in [-0.15, -0.1) is 0 Å². The molecule has 2 aliphatic heterocycles. The molecule has 0 bridgehead atoms. The van der Waals surface area contributed by atoms with Gasteiger partial charge in [0.15, 0.2) is 0 Å². The lowest BCUT2D eigenvalue weighted by atomic mass is 9.95. The number of ether oxygens (including phenoxy) is 2.